The summed E-state index contributed by atoms with van der Waals surface area (Å²) in [5.41, 5.74) is 1.15. The zero-order valence-electron chi connectivity index (χ0n) is 8.32. The lowest BCUT2D eigenvalue weighted by atomic mass is 10.0. The maximum absolute atomic E-state index is 8.68. The topological polar surface area (TPSA) is 55.3 Å². The van der Waals surface area contributed by atoms with Crippen LogP contribution >= 0.6 is 0 Å². The summed E-state index contributed by atoms with van der Waals surface area (Å²) >= 11 is 0. The number of ether oxygens (including phenoxy) is 1. The van der Waals surface area contributed by atoms with Crippen LogP contribution in [0.2, 0.25) is 0 Å². The second-order valence-corrected chi connectivity index (χ2v) is 2.81. The van der Waals surface area contributed by atoms with Crippen molar-refractivity contribution in [1.82, 2.24) is 0 Å². The van der Waals surface area contributed by atoms with Gasteiger partial charge in [-0.2, -0.15) is 5.26 Å². The van der Waals surface area contributed by atoms with Crippen molar-refractivity contribution in [2.45, 2.75) is 0 Å². The molecule has 0 spiro atoms. The van der Waals surface area contributed by atoms with Gasteiger partial charge in [-0.1, -0.05) is 18.7 Å². The fraction of sp³-hybridized carbons (Fsp3) is 0.0833. The number of nitrogens with zero attached hydrogens (tertiary/aromatic N) is 2. The molecule has 0 bridgehead atoms. The molecule has 3 heteroatoms. The Morgan fingerprint density at radius 3 is 2.80 bits per heavy atom. The molecule has 0 aliphatic rings. The van der Waals surface area contributed by atoms with E-state index in [1.807, 2.05) is 0 Å². The molecule has 1 aromatic carbocycles. The van der Waals surface area contributed by atoms with Crippen LogP contribution in [0.1, 0.15) is 5.56 Å². The van der Waals surface area contributed by atoms with Crippen LogP contribution in [-0.2, 0) is 0 Å². The first-order valence-electron chi connectivity index (χ1n) is 4.23. The smallest absolute Gasteiger partial charge is 0.119 e. The fourth-order valence-electron chi connectivity index (χ4n) is 1.12. The number of methoxy groups -OCH3 is 1. The molecule has 74 valence electrons. The highest BCUT2D eigenvalue weighted by molar-refractivity contribution is 5.92. The summed E-state index contributed by atoms with van der Waals surface area (Å²) in [5.74, 6) is 2.47. The van der Waals surface area contributed by atoms with Crippen LogP contribution in [0.5, 0.6) is 5.75 Å². The fourth-order valence-corrected chi connectivity index (χ4v) is 1.12. The summed E-state index contributed by atoms with van der Waals surface area (Å²) in [6, 6.07) is 8.88. The van der Waals surface area contributed by atoms with Gasteiger partial charge >= 0.3 is 0 Å². The van der Waals surface area contributed by atoms with Crippen molar-refractivity contribution in [2.24, 2.45) is 0 Å². The molecule has 3 nitrogen and oxygen atoms in total. The molecule has 0 aliphatic carbocycles. The summed E-state index contributed by atoms with van der Waals surface area (Å²) < 4.78 is 5.04. The van der Waals surface area contributed by atoms with Crippen LogP contribution in [-0.4, -0.2) is 13.0 Å². The predicted molar refractivity (Wildman–Crippen MR) is 59.5 cm³/mol. The first-order chi connectivity index (χ1) is 7.22. The van der Waals surface area contributed by atoms with E-state index in [1.165, 1.54) is 0 Å². The number of hydrogen-bond acceptors (Lipinski definition) is 2. The predicted octanol–water partition coefficient (Wildman–Crippen LogP) is 2.40. The monoisotopic (exact) mass is 197 g/mol. The van der Waals surface area contributed by atoms with Crippen LogP contribution in [0, 0.1) is 11.3 Å². The van der Waals surface area contributed by atoms with Gasteiger partial charge in [-0.05, 0) is 23.3 Å². The Morgan fingerprint density at radius 1 is 1.53 bits per heavy atom. The molecular weight excluding hydrogens is 188 g/mol. The van der Waals surface area contributed by atoms with E-state index in [0.717, 1.165) is 0 Å². The molecule has 1 aromatic rings. The van der Waals surface area contributed by atoms with E-state index in [-0.39, 0.29) is 5.57 Å². The third-order valence-corrected chi connectivity index (χ3v) is 1.94. The molecule has 0 fully saturated rings. The van der Waals surface area contributed by atoms with E-state index < -0.39 is 0 Å². The van der Waals surface area contributed by atoms with E-state index in [2.05, 4.69) is 6.58 Å². The largest absolute Gasteiger partial charge is 0.762 e. The number of benzene rings is 1. The van der Waals surface area contributed by atoms with Gasteiger partial charge in [0.15, 0.2) is 0 Å². The molecule has 0 atom stereocenters. The Hall–Kier alpha value is -2.30. The van der Waals surface area contributed by atoms with Gasteiger partial charge in [-0.15, -0.1) is 0 Å². The van der Waals surface area contributed by atoms with Crippen molar-refractivity contribution in [3.05, 3.63) is 47.4 Å². The van der Waals surface area contributed by atoms with Crippen LogP contribution in [0.4, 0.5) is 0 Å². The Morgan fingerprint density at radius 2 is 2.27 bits per heavy atom. The van der Waals surface area contributed by atoms with E-state index in [9.17, 15) is 0 Å². The first-order valence-corrected chi connectivity index (χ1v) is 4.23. The van der Waals surface area contributed by atoms with E-state index >= 15 is 0 Å². The van der Waals surface area contributed by atoms with Gasteiger partial charge < -0.3 is 10.1 Å². The third-order valence-electron chi connectivity index (χ3n) is 1.94. The van der Waals surface area contributed by atoms with Crippen LogP contribution in [0.25, 0.3) is 11.0 Å². The molecular formula is C12H9N2O-. The third kappa shape index (κ3) is 2.34. The molecule has 0 saturated heterocycles. The minimum absolute atomic E-state index is 0.0169. The van der Waals surface area contributed by atoms with Crippen LogP contribution < -0.4 is 4.74 Å². The van der Waals surface area contributed by atoms with Crippen molar-refractivity contribution in [3.8, 4) is 11.8 Å². The normalized spacial score (nSPS) is 8.53. The molecule has 0 unspecified atom stereocenters. The average molecular weight is 197 g/mol. The van der Waals surface area contributed by atoms with Crippen molar-refractivity contribution in [2.75, 3.05) is 7.11 Å². The SMILES string of the molecule is C=C(C(=C=[N-])C#N)c1cccc(OC)c1. The van der Waals surface area contributed by atoms with Gasteiger partial charge in [0.05, 0.1) is 12.7 Å². The number of allylic oxidation sites excluding steroid dienone is 2. The van der Waals surface area contributed by atoms with Crippen molar-refractivity contribution in [3.63, 3.8) is 0 Å². The van der Waals surface area contributed by atoms with Crippen molar-refractivity contribution < 1.29 is 4.74 Å². The highest BCUT2D eigenvalue weighted by Crippen LogP contribution is 2.22. The molecule has 0 heterocycles. The van der Waals surface area contributed by atoms with Gasteiger partial charge in [0, 0.05) is 0 Å². The maximum atomic E-state index is 8.68. The quantitative estimate of drug-likeness (QED) is 0.424. The van der Waals surface area contributed by atoms with Gasteiger partial charge in [-0.3, -0.25) is 0 Å². The zero-order chi connectivity index (χ0) is 11.3. The molecule has 0 aliphatic heterocycles. The Bertz CT molecular complexity index is 477. The summed E-state index contributed by atoms with van der Waals surface area (Å²) in [4.78, 5) is 0. The summed E-state index contributed by atoms with van der Waals surface area (Å²) in [7, 11) is 1.56. The average Bonchev–Trinajstić information content (AvgIpc) is 2.30. The Balaban J connectivity index is 3.13. The van der Waals surface area contributed by atoms with Crippen LogP contribution in [0.15, 0.2) is 36.4 Å². The van der Waals surface area contributed by atoms with Crippen molar-refractivity contribution >= 4 is 11.4 Å². The lowest BCUT2D eigenvalue weighted by molar-refractivity contribution is 0.414. The van der Waals surface area contributed by atoms with Crippen molar-refractivity contribution in [1.29, 1.82) is 5.26 Å². The highest BCUT2D eigenvalue weighted by atomic mass is 16.5. The number of nitriles is 1. The molecule has 0 amide bonds. The minimum atomic E-state index is 0.0169. The van der Waals surface area contributed by atoms with Gasteiger partial charge in [0.2, 0.25) is 0 Å². The van der Waals surface area contributed by atoms with Gasteiger partial charge in [0.1, 0.15) is 11.8 Å². The summed E-state index contributed by atoms with van der Waals surface area (Å²) in [5, 5.41) is 17.4. The molecule has 15 heavy (non-hydrogen) atoms. The Kier molecular flexibility index (Phi) is 3.45. The molecule has 0 N–H and O–H groups in total. The molecule has 0 radical (unpaired) electrons. The summed E-state index contributed by atoms with van der Waals surface area (Å²) in [6.45, 7) is 3.70. The zero-order valence-corrected chi connectivity index (χ0v) is 8.32. The lowest BCUT2D eigenvalue weighted by Gasteiger charge is -2.05. The highest BCUT2D eigenvalue weighted by Gasteiger charge is 2.03. The molecule has 0 aromatic heterocycles. The number of rotatable bonds is 3. The lowest BCUT2D eigenvalue weighted by Crippen LogP contribution is -1.89. The standard InChI is InChI=1S/C12H9N2O/c1-9(11(7-13)8-14)10-4-3-5-12(6-10)15-2/h3-6H,1H2,2H3/q-1. The van der Waals surface area contributed by atoms with E-state index in [1.54, 1.807) is 43.3 Å². The van der Waals surface area contributed by atoms with E-state index in [0.29, 0.717) is 16.9 Å². The second kappa shape index (κ2) is 4.80. The van der Waals surface area contributed by atoms with E-state index in [4.69, 9.17) is 15.4 Å². The van der Waals surface area contributed by atoms with Crippen LogP contribution in [0.3, 0.4) is 0 Å². The second-order valence-electron chi connectivity index (χ2n) is 2.81. The summed E-state index contributed by atoms with van der Waals surface area (Å²) in [6.07, 6.45) is 0. The molecule has 0 saturated carbocycles. The maximum Gasteiger partial charge on any atom is 0.119 e. The first kappa shape index (κ1) is 10.8. The molecule has 1 rings (SSSR count). The number of hydrogen-bond donors (Lipinski definition) is 0. The Labute approximate surface area is 88.4 Å². The minimum Gasteiger partial charge on any atom is -0.762 e. The van der Waals surface area contributed by atoms with Gasteiger partial charge in [-0.25, -0.2) is 5.87 Å². The van der Waals surface area contributed by atoms with Gasteiger partial charge in [0.25, 0.3) is 0 Å².